The molecule has 0 spiro atoms. The topological polar surface area (TPSA) is 50.7 Å². The van der Waals surface area contributed by atoms with Crippen LogP contribution in [0.25, 0.3) is 0 Å². The Balaban J connectivity index is 1.52. The Kier molecular flexibility index (Phi) is 4.88. The molecule has 0 aromatic heterocycles. The quantitative estimate of drug-likeness (QED) is 0.898. The van der Waals surface area contributed by atoms with Crippen LogP contribution in [0, 0.1) is 5.92 Å². The van der Waals surface area contributed by atoms with E-state index in [1.807, 2.05) is 12.1 Å². The summed E-state index contributed by atoms with van der Waals surface area (Å²) < 4.78 is 11.1. The highest BCUT2D eigenvalue weighted by Gasteiger charge is 2.19. The van der Waals surface area contributed by atoms with Crippen LogP contribution in [-0.2, 0) is 6.54 Å². The molecule has 0 atom stereocenters. The first-order chi connectivity index (χ1) is 10.2. The fraction of sp³-hybridized carbons (Fsp3) is 0.625. The van der Waals surface area contributed by atoms with Crippen LogP contribution >= 0.6 is 11.6 Å². The zero-order valence-electron chi connectivity index (χ0n) is 12.1. The van der Waals surface area contributed by atoms with Gasteiger partial charge in [0.2, 0.25) is 0 Å². The van der Waals surface area contributed by atoms with Gasteiger partial charge in [-0.25, -0.2) is 0 Å². The zero-order valence-corrected chi connectivity index (χ0v) is 12.9. The molecule has 1 aromatic carbocycles. The Bertz CT molecular complexity index is 487. The number of nitrogens with one attached hydrogen (secondary N) is 1. The third kappa shape index (κ3) is 3.82. The molecule has 0 amide bonds. The van der Waals surface area contributed by atoms with Crippen LogP contribution in [0.15, 0.2) is 12.1 Å². The predicted octanol–water partition coefficient (Wildman–Crippen LogP) is 2.75. The van der Waals surface area contributed by atoms with Gasteiger partial charge in [-0.05, 0) is 55.8 Å². The van der Waals surface area contributed by atoms with E-state index in [1.54, 1.807) is 0 Å². The van der Waals surface area contributed by atoms with E-state index in [0.717, 1.165) is 50.1 Å². The highest BCUT2D eigenvalue weighted by molar-refractivity contribution is 6.32. The maximum absolute atomic E-state index is 9.51. The first-order valence-corrected chi connectivity index (χ1v) is 8.07. The molecule has 5 heteroatoms. The summed E-state index contributed by atoms with van der Waals surface area (Å²) in [5.74, 6) is 2.07. The van der Waals surface area contributed by atoms with Crippen molar-refractivity contribution in [1.29, 1.82) is 0 Å². The molecular weight excluding hydrogens is 290 g/mol. The van der Waals surface area contributed by atoms with Crippen molar-refractivity contribution < 1.29 is 14.6 Å². The normalized spacial score (nSPS) is 24.9. The number of rotatable bonds is 4. The van der Waals surface area contributed by atoms with Gasteiger partial charge < -0.3 is 19.9 Å². The molecule has 2 N–H and O–H groups in total. The van der Waals surface area contributed by atoms with Crippen molar-refractivity contribution in [2.24, 2.45) is 5.92 Å². The Morgan fingerprint density at radius 1 is 1.14 bits per heavy atom. The molecule has 0 unspecified atom stereocenters. The lowest BCUT2D eigenvalue weighted by molar-refractivity contribution is 0.108. The summed E-state index contributed by atoms with van der Waals surface area (Å²) in [7, 11) is 0. The van der Waals surface area contributed by atoms with Gasteiger partial charge in [0.05, 0.1) is 11.1 Å². The van der Waals surface area contributed by atoms with Crippen LogP contribution in [0.5, 0.6) is 11.5 Å². The van der Waals surface area contributed by atoms with E-state index in [1.165, 1.54) is 0 Å². The molecule has 1 aliphatic heterocycles. The van der Waals surface area contributed by atoms with Gasteiger partial charge >= 0.3 is 0 Å². The molecule has 1 fully saturated rings. The number of halogens is 1. The lowest BCUT2D eigenvalue weighted by Crippen LogP contribution is -2.27. The number of aliphatic hydroxyl groups excluding tert-OH is 1. The molecule has 4 nitrogen and oxygen atoms in total. The van der Waals surface area contributed by atoms with Crippen LogP contribution in [-0.4, -0.2) is 31.0 Å². The summed E-state index contributed by atoms with van der Waals surface area (Å²) in [6.45, 7) is 2.89. The van der Waals surface area contributed by atoms with Crippen LogP contribution in [0.1, 0.15) is 31.2 Å². The smallest absolute Gasteiger partial charge is 0.179 e. The van der Waals surface area contributed by atoms with Gasteiger partial charge in [-0.2, -0.15) is 0 Å². The predicted molar refractivity (Wildman–Crippen MR) is 82.1 cm³/mol. The third-order valence-electron chi connectivity index (χ3n) is 4.24. The Morgan fingerprint density at radius 3 is 2.71 bits per heavy atom. The van der Waals surface area contributed by atoms with Crippen molar-refractivity contribution in [3.63, 3.8) is 0 Å². The van der Waals surface area contributed by atoms with E-state index >= 15 is 0 Å². The highest BCUT2D eigenvalue weighted by Crippen LogP contribution is 2.38. The zero-order chi connectivity index (χ0) is 14.7. The summed E-state index contributed by atoms with van der Waals surface area (Å²) in [5.41, 5.74) is 1.11. The standard InChI is InChI=1S/C16H22ClNO3/c17-14-7-12(8-15-16(14)21-6-5-20-15)10-18-9-11-1-3-13(19)4-2-11/h7-8,11,13,18-19H,1-6,9-10H2. The van der Waals surface area contributed by atoms with Gasteiger partial charge in [-0.15, -0.1) is 0 Å². The van der Waals surface area contributed by atoms with Gasteiger partial charge in [0, 0.05) is 6.54 Å². The maximum atomic E-state index is 9.51. The summed E-state index contributed by atoms with van der Waals surface area (Å²) in [6.07, 6.45) is 3.99. The SMILES string of the molecule is OC1CCC(CNCc2cc(Cl)c3c(c2)OCCO3)CC1. The molecule has 0 saturated heterocycles. The third-order valence-corrected chi connectivity index (χ3v) is 4.52. The average Bonchev–Trinajstić information content (AvgIpc) is 2.49. The lowest BCUT2D eigenvalue weighted by atomic mass is 9.87. The number of hydrogen-bond donors (Lipinski definition) is 2. The molecular formula is C16H22ClNO3. The second kappa shape index (κ2) is 6.86. The Labute approximate surface area is 130 Å². The molecule has 21 heavy (non-hydrogen) atoms. The molecule has 1 heterocycles. The Hall–Kier alpha value is -0.970. The summed E-state index contributed by atoms with van der Waals surface area (Å²) in [6, 6.07) is 3.94. The van der Waals surface area contributed by atoms with Crippen LogP contribution in [0.4, 0.5) is 0 Å². The number of hydrogen-bond acceptors (Lipinski definition) is 4. The molecule has 0 radical (unpaired) electrons. The minimum atomic E-state index is -0.0853. The summed E-state index contributed by atoms with van der Waals surface area (Å²) >= 11 is 6.23. The lowest BCUT2D eigenvalue weighted by Gasteiger charge is -2.25. The van der Waals surface area contributed by atoms with Crippen molar-refractivity contribution in [1.82, 2.24) is 5.32 Å². The largest absolute Gasteiger partial charge is 0.486 e. The molecule has 1 aliphatic carbocycles. The monoisotopic (exact) mass is 311 g/mol. The number of benzene rings is 1. The fourth-order valence-corrected chi connectivity index (χ4v) is 3.32. The molecule has 116 valence electrons. The van der Waals surface area contributed by atoms with E-state index in [2.05, 4.69) is 5.32 Å². The molecule has 1 aromatic rings. The van der Waals surface area contributed by atoms with Crippen LogP contribution in [0.3, 0.4) is 0 Å². The first kappa shape index (κ1) is 14.9. The van der Waals surface area contributed by atoms with E-state index in [0.29, 0.717) is 29.9 Å². The second-order valence-electron chi connectivity index (χ2n) is 5.91. The number of aliphatic hydroxyl groups is 1. The van der Waals surface area contributed by atoms with Crippen molar-refractivity contribution in [2.45, 2.75) is 38.3 Å². The van der Waals surface area contributed by atoms with Crippen molar-refractivity contribution in [2.75, 3.05) is 19.8 Å². The first-order valence-electron chi connectivity index (χ1n) is 7.69. The van der Waals surface area contributed by atoms with E-state index in [-0.39, 0.29) is 6.10 Å². The Morgan fingerprint density at radius 2 is 1.90 bits per heavy atom. The molecule has 3 rings (SSSR count). The maximum Gasteiger partial charge on any atom is 0.179 e. The van der Waals surface area contributed by atoms with Gasteiger partial charge in [0.25, 0.3) is 0 Å². The van der Waals surface area contributed by atoms with Gasteiger partial charge in [0.15, 0.2) is 11.5 Å². The van der Waals surface area contributed by atoms with Crippen LogP contribution in [0.2, 0.25) is 5.02 Å². The van der Waals surface area contributed by atoms with Gasteiger partial charge in [0.1, 0.15) is 13.2 Å². The molecule has 1 saturated carbocycles. The number of fused-ring (bicyclic) bond motifs is 1. The minimum absolute atomic E-state index is 0.0853. The van der Waals surface area contributed by atoms with Crippen molar-refractivity contribution in [3.05, 3.63) is 22.7 Å². The van der Waals surface area contributed by atoms with Gasteiger partial charge in [-0.3, -0.25) is 0 Å². The van der Waals surface area contributed by atoms with Crippen LogP contribution < -0.4 is 14.8 Å². The van der Waals surface area contributed by atoms with Crippen molar-refractivity contribution >= 4 is 11.6 Å². The second-order valence-corrected chi connectivity index (χ2v) is 6.31. The van der Waals surface area contributed by atoms with Gasteiger partial charge in [-0.1, -0.05) is 11.6 Å². The highest BCUT2D eigenvalue weighted by atomic mass is 35.5. The average molecular weight is 312 g/mol. The van der Waals surface area contributed by atoms with E-state index in [4.69, 9.17) is 21.1 Å². The molecule has 2 aliphatic rings. The minimum Gasteiger partial charge on any atom is -0.486 e. The van der Waals surface area contributed by atoms with E-state index < -0.39 is 0 Å². The van der Waals surface area contributed by atoms with Crippen molar-refractivity contribution in [3.8, 4) is 11.5 Å². The summed E-state index contributed by atoms with van der Waals surface area (Å²) in [4.78, 5) is 0. The number of ether oxygens (including phenoxy) is 2. The fourth-order valence-electron chi connectivity index (χ4n) is 3.04. The van der Waals surface area contributed by atoms with E-state index in [9.17, 15) is 5.11 Å². The summed E-state index contributed by atoms with van der Waals surface area (Å²) in [5, 5.41) is 13.6. The molecule has 0 bridgehead atoms.